The summed E-state index contributed by atoms with van der Waals surface area (Å²) in [7, 11) is -3.57. The second kappa shape index (κ2) is 6.60. The minimum absolute atomic E-state index is 0.196. The van der Waals surface area contributed by atoms with Crippen LogP contribution in [0.5, 0.6) is 0 Å². The van der Waals surface area contributed by atoms with Crippen LogP contribution in [0.1, 0.15) is 38.2 Å². The molecule has 0 atom stereocenters. The molecule has 0 radical (unpaired) electrons. The normalized spacial score (nSPS) is 23.0. The molecule has 1 aromatic rings. The highest BCUT2D eigenvalue weighted by Gasteiger charge is 2.55. The smallest absolute Gasteiger partial charge is 0.292 e. The molecule has 1 aromatic carbocycles. The van der Waals surface area contributed by atoms with Crippen molar-refractivity contribution in [3.63, 3.8) is 0 Å². The molecule has 142 valence electrons. The third-order valence-electron chi connectivity index (χ3n) is 5.19. The van der Waals surface area contributed by atoms with Gasteiger partial charge in [0.15, 0.2) is 0 Å². The maximum absolute atomic E-state index is 13.1. The minimum atomic E-state index is -3.57. The molecule has 0 aromatic heterocycles. The Labute approximate surface area is 153 Å². The van der Waals surface area contributed by atoms with Gasteiger partial charge >= 0.3 is 0 Å². The molecule has 7 nitrogen and oxygen atoms in total. The molecule has 1 spiro atoms. The van der Waals surface area contributed by atoms with Gasteiger partial charge in [0.2, 0.25) is 10.0 Å². The fourth-order valence-electron chi connectivity index (χ4n) is 3.91. The Balaban J connectivity index is 1.81. The van der Waals surface area contributed by atoms with Crippen LogP contribution in [0.4, 0.5) is 5.69 Å². The molecule has 2 saturated heterocycles. The maximum Gasteiger partial charge on any atom is 0.292 e. The highest BCUT2D eigenvalue weighted by molar-refractivity contribution is 7.89. The Kier molecular flexibility index (Phi) is 4.54. The number of hydrogen-bond acceptors (Lipinski definition) is 5. The molecule has 0 saturated carbocycles. The van der Waals surface area contributed by atoms with E-state index < -0.39 is 15.8 Å². The zero-order chi connectivity index (χ0) is 18.4. The number of hydrogen-bond donors (Lipinski definition) is 0. The third-order valence-corrected chi connectivity index (χ3v) is 7.08. The standard InChI is InChI=1S/C18H24N2O5S/c1-2-8-20-16-7-6-14(26(22,23)19-9-3-4-10-19)13-15(16)18(17(20)21)24-11-5-12-25-18/h6-7,13H,2-5,8-12H2,1H3. The van der Waals surface area contributed by atoms with E-state index in [9.17, 15) is 13.2 Å². The molecule has 2 fully saturated rings. The molecule has 3 aliphatic rings. The van der Waals surface area contributed by atoms with E-state index in [0.29, 0.717) is 50.5 Å². The van der Waals surface area contributed by atoms with Gasteiger partial charge < -0.3 is 14.4 Å². The topological polar surface area (TPSA) is 76.1 Å². The predicted molar refractivity (Wildman–Crippen MR) is 95.3 cm³/mol. The van der Waals surface area contributed by atoms with Gasteiger partial charge in [0.05, 0.1) is 23.8 Å². The van der Waals surface area contributed by atoms with Crippen LogP contribution in [0.15, 0.2) is 23.1 Å². The Hall–Kier alpha value is -1.48. The lowest BCUT2D eigenvalue weighted by molar-refractivity contribution is -0.256. The summed E-state index contributed by atoms with van der Waals surface area (Å²) in [6.45, 7) is 4.44. The van der Waals surface area contributed by atoms with Crippen molar-refractivity contribution in [3.05, 3.63) is 23.8 Å². The number of anilines is 1. The quantitative estimate of drug-likeness (QED) is 0.796. The van der Waals surface area contributed by atoms with Crippen molar-refractivity contribution in [1.29, 1.82) is 0 Å². The van der Waals surface area contributed by atoms with Crippen LogP contribution in [0.25, 0.3) is 0 Å². The molecule has 1 amide bonds. The van der Waals surface area contributed by atoms with Crippen molar-refractivity contribution < 1.29 is 22.7 Å². The van der Waals surface area contributed by atoms with Gasteiger partial charge in [-0.2, -0.15) is 4.31 Å². The van der Waals surface area contributed by atoms with Crippen molar-refractivity contribution in [1.82, 2.24) is 4.31 Å². The van der Waals surface area contributed by atoms with Gasteiger partial charge in [-0.15, -0.1) is 0 Å². The highest BCUT2D eigenvalue weighted by atomic mass is 32.2. The zero-order valence-electron chi connectivity index (χ0n) is 14.9. The number of amides is 1. The summed E-state index contributed by atoms with van der Waals surface area (Å²) in [6, 6.07) is 4.87. The fourth-order valence-corrected chi connectivity index (χ4v) is 5.46. The van der Waals surface area contributed by atoms with E-state index in [-0.39, 0.29) is 10.8 Å². The number of carbonyl (C=O) groups is 1. The lowest BCUT2D eigenvalue weighted by Gasteiger charge is -2.32. The third kappa shape index (κ3) is 2.58. The van der Waals surface area contributed by atoms with Crippen LogP contribution in [0.3, 0.4) is 0 Å². The van der Waals surface area contributed by atoms with Gasteiger partial charge in [-0.3, -0.25) is 4.79 Å². The largest absolute Gasteiger partial charge is 0.338 e. The van der Waals surface area contributed by atoms with Gasteiger partial charge in [-0.25, -0.2) is 8.42 Å². The number of sulfonamides is 1. The molecule has 3 heterocycles. The zero-order valence-corrected chi connectivity index (χ0v) is 15.8. The Morgan fingerprint density at radius 1 is 1.12 bits per heavy atom. The number of nitrogens with zero attached hydrogens (tertiary/aromatic N) is 2. The number of carbonyl (C=O) groups excluding carboxylic acids is 1. The van der Waals surface area contributed by atoms with Gasteiger partial charge in [-0.1, -0.05) is 6.92 Å². The average Bonchev–Trinajstić information content (AvgIpc) is 3.27. The second-order valence-corrected chi connectivity index (χ2v) is 8.85. The predicted octanol–water partition coefficient (Wildman–Crippen LogP) is 1.82. The van der Waals surface area contributed by atoms with Gasteiger partial charge in [0.1, 0.15) is 0 Å². The molecule has 0 bridgehead atoms. The lowest BCUT2D eigenvalue weighted by atomic mass is 10.1. The Morgan fingerprint density at radius 2 is 1.81 bits per heavy atom. The first kappa shape index (κ1) is 17.9. The van der Waals surface area contributed by atoms with E-state index in [0.717, 1.165) is 19.3 Å². The summed E-state index contributed by atoms with van der Waals surface area (Å²) in [5.41, 5.74) is 1.19. The van der Waals surface area contributed by atoms with Gasteiger partial charge in [0, 0.05) is 25.2 Å². The summed E-state index contributed by atoms with van der Waals surface area (Å²) in [5, 5.41) is 0. The van der Waals surface area contributed by atoms with Crippen LogP contribution in [-0.2, 0) is 30.1 Å². The molecular formula is C18H24N2O5S. The molecule has 8 heteroatoms. The molecule has 0 unspecified atom stereocenters. The van der Waals surface area contributed by atoms with E-state index in [2.05, 4.69) is 0 Å². The lowest BCUT2D eigenvalue weighted by Crippen LogP contribution is -2.47. The molecule has 3 aliphatic heterocycles. The maximum atomic E-state index is 13.1. The van der Waals surface area contributed by atoms with Gasteiger partial charge in [-0.05, 0) is 43.9 Å². The number of rotatable bonds is 4. The van der Waals surface area contributed by atoms with Crippen molar-refractivity contribution in [2.45, 2.75) is 43.3 Å². The summed E-state index contributed by atoms with van der Waals surface area (Å²) in [4.78, 5) is 14.9. The van der Waals surface area contributed by atoms with Crippen molar-refractivity contribution in [2.24, 2.45) is 0 Å². The summed E-state index contributed by atoms with van der Waals surface area (Å²) < 4.78 is 39.0. The summed E-state index contributed by atoms with van der Waals surface area (Å²) >= 11 is 0. The van der Waals surface area contributed by atoms with Crippen LogP contribution < -0.4 is 4.90 Å². The molecule has 26 heavy (non-hydrogen) atoms. The van der Waals surface area contributed by atoms with E-state index in [1.807, 2.05) is 6.92 Å². The fraction of sp³-hybridized carbons (Fsp3) is 0.611. The minimum Gasteiger partial charge on any atom is -0.338 e. The first-order chi connectivity index (χ1) is 12.5. The average molecular weight is 380 g/mol. The van der Waals surface area contributed by atoms with Crippen LogP contribution in [0.2, 0.25) is 0 Å². The number of ether oxygens (including phenoxy) is 2. The number of benzene rings is 1. The van der Waals surface area contributed by atoms with E-state index in [1.54, 1.807) is 23.1 Å². The molecule has 0 aliphatic carbocycles. The number of fused-ring (bicyclic) bond motifs is 2. The van der Waals surface area contributed by atoms with E-state index >= 15 is 0 Å². The van der Waals surface area contributed by atoms with Gasteiger partial charge in [0.25, 0.3) is 11.7 Å². The molecule has 0 N–H and O–H groups in total. The van der Waals surface area contributed by atoms with Crippen molar-refractivity contribution in [3.8, 4) is 0 Å². The van der Waals surface area contributed by atoms with E-state index in [4.69, 9.17) is 9.47 Å². The second-order valence-electron chi connectivity index (χ2n) is 6.91. The summed E-state index contributed by atoms with van der Waals surface area (Å²) in [5.74, 6) is -1.76. The molecule has 4 rings (SSSR count). The first-order valence-electron chi connectivity index (χ1n) is 9.25. The Bertz CT molecular complexity index is 811. The summed E-state index contributed by atoms with van der Waals surface area (Å²) in [6.07, 6.45) is 3.26. The Morgan fingerprint density at radius 3 is 2.46 bits per heavy atom. The monoisotopic (exact) mass is 380 g/mol. The van der Waals surface area contributed by atoms with Crippen molar-refractivity contribution in [2.75, 3.05) is 37.7 Å². The van der Waals surface area contributed by atoms with Crippen molar-refractivity contribution >= 4 is 21.6 Å². The SMILES string of the molecule is CCCN1C(=O)C2(OCCCO2)c2cc(S(=O)(=O)N3CCCC3)ccc21. The van der Waals surface area contributed by atoms with Crippen LogP contribution in [0, 0.1) is 0 Å². The van der Waals surface area contributed by atoms with Crippen LogP contribution >= 0.6 is 0 Å². The highest BCUT2D eigenvalue weighted by Crippen LogP contribution is 2.46. The molecular weight excluding hydrogens is 356 g/mol. The first-order valence-corrected chi connectivity index (χ1v) is 10.7. The van der Waals surface area contributed by atoms with E-state index in [1.165, 1.54) is 4.31 Å². The van der Waals surface area contributed by atoms with Crippen LogP contribution in [-0.4, -0.2) is 51.5 Å².